The minimum atomic E-state index is -0.564. The summed E-state index contributed by atoms with van der Waals surface area (Å²) in [4.78, 5) is 3.10. The fourth-order valence-electron chi connectivity index (χ4n) is 2.13. The minimum absolute atomic E-state index is 0.0383. The SMILES string of the molecule is CCC(C)NCC(O)COc1cc(CO)cc2[nH]ccc12. The quantitative estimate of drug-likeness (QED) is 0.598. The summed E-state index contributed by atoms with van der Waals surface area (Å²) in [6, 6.07) is 6.01. The zero-order valence-electron chi connectivity index (χ0n) is 12.6. The second-order valence-corrected chi connectivity index (χ2v) is 5.37. The molecule has 0 fully saturated rings. The Kier molecular flexibility index (Phi) is 5.61. The number of rotatable bonds is 8. The van der Waals surface area contributed by atoms with Crippen LogP contribution >= 0.6 is 0 Å². The van der Waals surface area contributed by atoms with Crippen molar-refractivity contribution >= 4 is 10.9 Å². The molecule has 5 heteroatoms. The number of aromatic amines is 1. The van der Waals surface area contributed by atoms with Crippen molar-refractivity contribution in [2.24, 2.45) is 0 Å². The highest BCUT2D eigenvalue weighted by Crippen LogP contribution is 2.27. The highest BCUT2D eigenvalue weighted by Gasteiger charge is 2.10. The van der Waals surface area contributed by atoms with E-state index in [2.05, 4.69) is 24.1 Å². The van der Waals surface area contributed by atoms with Crippen molar-refractivity contribution in [1.29, 1.82) is 0 Å². The Balaban J connectivity index is 1.97. The first-order valence-corrected chi connectivity index (χ1v) is 7.39. The molecule has 5 nitrogen and oxygen atoms in total. The van der Waals surface area contributed by atoms with Gasteiger partial charge in [0.2, 0.25) is 0 Å². The zero-order valence-corrected chi connectivity index (χ0v) is 12.6. The molecular weight excluding hydrogens is 268 g/mol. The van der Waals surface area contributed by atoms with Crippen LogP contribution in [0.15, 0.2) is 24.4 Å². The molecule has 0 bridgehead atoms. The van der Waals surface area contributed by atoms with E-state index in [1.165, 1.54) is 0 Å². The van der Waals surface area contributed by atoms with Crippen LogP contribution in [-0.2, 0) is 6.61 Å². The molecule has 0 saturated carbocycles. The van der Waals surface area contributed by atoms with Gasteiger partial charge in [0.05, 0.1) is 6.61 Å². The van der Waals surface area contributed by atoms with Crippen molar-refractivity contribution in [2.45, 2.75) is 39.0 Å². The Hall–Kier alpha value is -1.56. The molecule has 116 valence electrons. The number of aromatic nitrogens is 1. The molecule has 1 heterocycles. The first kappa shape index (κ1) is 15.8. The Bertz CT molecular complexity index is 568. The number of aliphatic hydroxyl groups is 2. The summed E-state index contributed by atoms with van der Waals surface area (Å²) >= 11 is 0. The van der Waals surface area contributed by atoms with Gasteiger partial charge in [0.15, 0.2) is 0 Å². The monoisotopic (exact) mass is 292 g/mol. The molecule has 0 aliphatic rings. The van der Waals surface area contributed by atoms with Gasteiger partial charge in [0.1, 0.15) is 18.5 Å². The zero-order chi connectivity index (χ0) is 15.2. The highest BCUT2D eigenvalue weighted by atomic mass is 16.5. The van der Waals surface area contributed by atoms with Gasteiger partial charge in [-0.15, -0.1) is 0 Å². The van der Waals surface area contributed by atoms with Gasteiger partial charge in [-0.3, -0.25) is 0 Å². The topological polar surface area (TPSA) is 77.5 Å². The van der Waals surface area contributed by atoms with E-state index in [1.54, 1.807) is 0 Å². The van der Waals surface area contributed by atoms with Crippen molar-refractivity contribution in [3.05, 3.63) is 30.0 Å². The van der Waals surface area contributed by atoms with E-state index in [0.29, 0.717) is 18.3 Å². The van der Waals surface area contributed by atoms with Crippen molar-refractivity contribution < 1.29 is 14.9 Å². The number of ether oxygens (including phenoxy) is 1. The van der Waals surface area contributed by atoms with Crippen molar-refractivity contribution in [3.8, 4) is 5.75 Å². The lowest BCUT2D eigenvalue weighted by atomic mass is 10.1. The number of benzene rings is 1. The maximum atomic E-state index is 9.96. The van der Waals surface area contributed by atoms with Crippen molar-refractivity contribution in [3.63, 3.8) is 0 Å². The van der Waals surface area contributed by atoms with Gasteiger partial charge in [-0.1, -0.05) is 6.92 Å². The molecule has 0 aliphatic heterocycles. The number of hydrogen-bond acceptors (Lipinski definition) is 4. The smallest absolute Gasteiger partial charge is 0.129 e. The molecule has 0 aliphatic carbocycles. The molecule has 0 radical (unpaired) electrons. The second kappa shape index (κ2) is 7.45. The van der Waals surface area contributed by atoms with Gasteiger partial charge in [-0.25, -0.2) is 0 Å². The summed E-state index contributed by atoms with van der Waals surface area (Å²) in [7, 11) is 0. The number of hydrogen-bond donors (Lipinski definition) is 4. The summed E-state index contributed by atoms with van der Waals surface area (Å²) in [5.41, 5.74) is 1.70. The number of fused-ring (bicyclic) bond motifs is 1. The van der Waals surface area contributed by atoms with Crippen LogP contribution in [-0.4, -0.2) is 40.5 Å². The van der Waals surface area contributed by atoms with Gasteiger partial charge >= 0.3 is 0 Å². The molecular formula is C16H24N2O3. The normalized spacial score (nSPS) is 14.3. The molecule has 0 spiro atoms. The largest absolute Gasteiger partial charge is 0.490 e. The van der Waals surface area contributed by atoms with E-state index in [1.807, 2.05) is 24.4 Å². The van der Waals surface area contributed by atoms with Crippen LogP contribution in [0.25, 0.3) is 10.9 Å². The minimum Gasteiger partial charge on any atom is -0.490 e. The lowest BCUT2D eigenvalue weighted by Crippen LogP contribution is -2.36. The average Bonchev–Trinajstić information content (AvgIpc) is 2.98. The van der Waals surface area contributed by atoms with Crippen LogP contribution in [0.3, 0.4) is 0 Å². The van der Waals surface area contributed by atoms with Crippen LogP contribution in [0, 0.1) is 0 Å². The Morgan fingerprint density at radius 2 is 2.19 bits per heavy atom. The van der Waals surface area contributed by atoms with E-state index >= 15 is 0 Å². The maximum absolute atomic E-state index is 9.96. The lowest BCUT2D eigenvalue weighted by Gasteiger charge is -2.17. The molecule has 1 aromatic carbocycles. The van der Waals surface area contributed by atoms with Crippen LogP contribution in [0.5, 0.6) is 5.75 Å². The molecule has 2 atom stereocenters. The van der Waals surface area contributed by atoms with E-state index in [9.17, 15) is 10.2 Å². The molecule has 4 N–H and O–H groups in total. The molecule has 0 saturated heterocycles. The molecule has 2 aromatic rings. The van der Waals surface area contributed by atoms with Gasteiger partial charge in [0.25, 0.3) is 0 Å². The predicted molar refractivity (Wildman–Crippen MR) is 83.5 cm³/mol. The van der Waals surface area contributed by atoms with Gasteiger partial charge in [-0.2, -0.15) is 0 Å². The van der Waals surface area contributed by atoms with Gasteiger partial charge < -0.3 is 25.3 Å². The van der Waals surface area contributed by atoms with E-state index in [-0.39, 0.29) is 13.2 Å². The Morgan fingerprint density at radius 1 is 1.38 bits per heavy atom. The van der Waals surface area contributed by atoms with Crippen molar-refractivity contribution in [2.75, 3.05) is 13.2 Å². The first-order chi connectivity index (χ1) is 10.1. The Labute approximate surface area is 124 Å². The van der Waals surface area contributed by atoms with Crippen molar-refractivity contribution in [1.82, 2.24) is 10.3 Å². The average molecular weight is 292 g/mol. The van der Waals surface area contributed by atoms with E-state index in [0.717, 1.165) is 22.9 Å². The Morgan fingerprint density at radius 3 is 2.90 bits per heavy atom. The molecule has 0 amide bonds. The summed E-state index contributed by atoms with van der Waals surface area (Å²) in [6.45, 7) is 4.87. The highest BCUT2D eigenvalue weighted by molar-refractivity contribution is 5.86. The standard InChI is InChI=1S/C16H24N2O3/c1-3-11(2)18-8-13(20)10-21-16-7-12(9-19)6-15-14(16)4-5-17-15/h4-7,11,13,17-20H,3,8-10H2,1-2H3. The first-order valence-electron chi connectivity index (χ1n) is 7.39. The number of aliphatic hydroxyl groups excluding tert-OH is 2. The summed E-state index contributed by atoms with van der Waals surface area (Å²) in [6.07, 6.45) is 2.29. The third-order valence-electron chi connectivity index (χ3n) is 3.62. The fourth-order valence-corrected chi connectivity index (χ4v) is 2.13. The summed E-state index contributed by atoms with van der Waals surface area (Å²) < 4.78 is 5.73. The summed E-state index contributed by atoms with van der Waals surface area (Å²) in [5, 5.41) is 23.4. The molecule has 2 unspecified atom stereocenters. The predicted octanol–water partition coefficient (Wildman–Crippen LogP) is 1.79. The van der Waals surface area contributed by atoms with E-state index < -0.39 is 6.10 Å². The lowest BCUT2D eigenvalue weighted by molar-refractivity contribution is 0.104. The maximum Gasteiger partial charge on any atom is 0.129 e. The van der Waals surface area contributed by atoms with Crippen LogP contribution in [0.2, 0.25) is 0 Å². The van der Waals surface area contributed by atoms with Gasteiger partial charge in [-0.05, 0) is 37.1 Å². The van der Waals surface area contributed by atoms with Crippen LogP contribution in [0.1, 0.15) is 25.8 Å². The third-order valence-corrected chi connectivity index (χ3v) is 3.62. The number of H-pyrrole nitrogens is 1. The fraction of sp³-hybridized carbons (Fsp3) is 0.500. The van der Waals surface area contributed by atoms with E-state index in [4.69, 9.17) is 4.74 Å². The van der Waals surface area contributed by atoms with Crippen LogP contribution < -0.4 is 10.1 Å². The number of nitrogens with one attached hydrogen (secondary N) is 2. The third kappa shape index (κ3) is 4.20. The van der Waals surface area contributed by atoms with Gasteiger partial charge in [0, 0.05) is 29.7 Å². The molecule has 21 heavy (non-hydrogen) atoms. The second-order valence-electron chi connectivity index (χ2n) is 5.37. The molecule has 2 rings (SSSR count). The molecule has 1 aromatic heterocycles. The van der Waals surface area contributed by atoms with Crippen LogP contribution in [0.4, 0.5) is 0 Å². The summed E-state index contributed by atoms with van der Waals surface area (Å²) in [5.74, 6) is 0.681.